The highest BCUT2D eigenvalue weighted by molar-refractivity contribution is 7.89. The fourth-order valence-corrected chi connectivity index (χ4v) is 5.71. The first-order valence-corrected chi connectivity index (χ1v) is 12.2. The number of amides is 2. The Hall–Kier alpha value is -2.17. The van der Waals surface area contributed by atoms with Crippen molar-refractivity contribution in [3.8, 4) is 5.75 Å². The molecule has 1 saturated heterocycles. The normalized spacial score (nSPS) is 19.4. The number of benzene rings is 1. The first kappa shape index (κ1) is 23.5. The van der Waals surface area contributed by atoms with Gasteiger partial charge in [-0.1, -0.05) is 19.3 Å². The number of rotatable bonds is 7. The first-order valence-electron chi connectivity index (χ1n) is 10.7. The van der Waals surface area contributed by atoms with Crippen LogP contribution in [-0.2, 0) is 24.3 Å². The van der Waals surface area contributed by atoms with Gasteiger partial charge >= 0.3 is 0 Å². The van der Waals surface area contributed by atoms with Crippen LogP contribution in [0.4, 0.5) is 5.69 Å². The van der Waals surface area contributed by atoms with Crippen LogP contribution >= 0.6 is 0 Å². The molecule has 2 N–H and O–H groups in total. The number of ether oxygens (including phenoxy) is 2. The van der Waals surface area contributed by atoms with E-state index in [0.29, 0.717) is 38.3 Å². The Balaban J connectivity index is 1.90. The molecule has 10 heteroatoms. The van der Waals surface area contributed by atoms with E-state index in [1.54, 1.807) is 19.1 Å². The van der Waals surface area contributed by atoms with E-state index in [9.17, 15) is 18.0 Å². The smallest absolute Gasteiger partial charge is 0.250 e. The maximum Gasteiger partial charge on any atom is 0.250 e. The van der Waals surface area contributed by atoms with Crippen molar-refractivity contribution in [3.63, 3.8) is 0 Å². The molecule has 9 nitrogen and oxygen atoms in total. The Morgan fingerprint density at radius 3 is 2.45 bits per heavy atom. The monoisotopic (exact) mass is 453 g/mol. The number of nitrogens with zero attached hydrogens (tertiary/aromatic N) is 1. The molecule has 2 fully saturated rings. The summed E-state index contributed by atoms with van der Waals surface area (Å²) < 4.78 is 38.7. The van der Waals surface area contributed by atoms with Gasteiger partial charge in [0, 0.05) is 25.7 Å². The van der Waals surface area contributed by atoms with Crippen molar-refractivity contribution in [2.24, 2.45) is 0 Å². The lowest BCUT2D eigenvalue weighted by atomic mass is 9.80. The van der Waals surface area contributed by atoms with Crippen molar-refractivity contribution >= 4 is 27.5 Å². The topological polar surface area (TPSA) is 114 Å². The highest BCUT2D eigenvalue weighted by Crippen LogP contribution is 2.33. The molecule has 0 bridgehead atoms. The van der Waals surface area contributed by atoms with Crippen molar-refractivity contribution < 1.29 is 27.5 Å². The zero-order valence-corrected chi connectivity index (χ0v) is 18.9. The molecule has 1 aliphatic heterocycles. The molecule has 0 unspecified atom stereocenters. The molecule has 1 aromatic rings. The third-order valence-electron chi connectivity index (χ3n) is 5.65. The van der Waals surface area contributed by atoms with Crippen LogP contribution in [0.2, 0.25) is 0 Å². The zero-order valence-electron chi connectivity index (χ0n) is 18.1. The van der Waals surface area contributed by atoms with Gasteiger partial charge in [-0.2, -0.15) is 4.31 Å². The minimum Gasteiger partial charge on any atom is -0.492 e. The van der Waals surface area contributed by atoms with Gasteiger partial charge in [-0.15, -0.1) is 0 Å². The van der Waals surface area contributed by atoms with E-state index in [1.165, 1.54) is 17.3 Å². The van der Waals surface area contributed by atoms with Crippen LogP contribution in [0.25, 0.3) is 0 Å². The van der Waals surface area contributed by atoms with Gasteiger partial charge in [-0.05, 0) is 38.0 Å². The Morgan fingerprint density at radius 2 is 1.84 bits per heavy atom. The number of anilines is 1. The second kappa shape index (κ2) is 9.97. The summed E-state index contributed by atoms with van der Waals surface area (Å²) in [6, 6.07) is 4.60. The average molecular weight is 454 g/mol. The summed E-state index contributed by atoms with van der Waals surface area (Å²) in [7, 11) is -3.82. The Morgan fingerprint density at radius 1 is 1.16 bits per heavy atom. The number of nitrogens with one attached hydrogen (secondary N) is 2. The third kappa shape index (κ3) is 5.36. The van der Waals surface area contributed by atoms with Gasteiger partial charge in [0.15, 0.2) is 0 Å². The summed E-state index contributed by atoms with van der Waals surface area (Å²) in [5, 5.41) is 5.65. The molecule has 172 valence electrons. The molecule has 2 amide bonds. The Bertz CT molecular complexity index is 906. The van der Waals surface area contributed by atoms with Gasteiger partial charge in [0.05, 0.1) is 19.8 Å². The third-order valence-corrected chi connectivity index (χ3v) is 7.57. The summed E-state index contributed by atoms with van der Waals surface area (Å²) in [6.45, 7) is 4.67. The lowest BCUT2D eigenvalue weighted by Crippen LogP contribution is -2.57. The highest BCUT2D eigenvalue weighted by Gasteiger charge is 2.40. The molecular formula is C21H31N3O6S. The van der Waals surface area contributed by atoms with Crippen molar-refractivity contribution in [2.45, 2.75) is 56.4 Å². The number of sulfonamides is 1. The van der Waals surface area contributed by atoms with E-state index in [-0.39, 0.29) is 35.5 Å². The van der Waals surface area contributed by atoms with Crippen molar-refractivity contribution in [2.75, 3.05) is 38.2 Å². The SMILES string of the molecule is CCOc1ccc(NC(=O)C2(NC(C)=O)CCCCC2)cc1S(=O)(=O)N1CCOCC1. The quantitative estimate of drug-likeness (QED) is 0.652. The van der Waals surface area contributed by atoms with Crippen LogP contribution in [-0.4, -0.2) is 63.0 Å². The van der Waals surface area contributed by atoms with Crippen LogP contribution in [0.15, 0.2) is 23.1 Å². The number of carbonyl (C=O) groups is 2. The summed E-state index contributed by atoms with van der Waals surface area (Å²) in [4.78, 5) is 24.9. The summed E-state index contributed by atoms with van der Waals surface area (Å²) in [5.41, 5.74) is -0.637. The molecule has 1 saturated carbocycles. The van der Waals surface area contributed by atoms with Crippen molar-refractivity contribution in [3.05, 3.63) is 18.2 Å². The van der Waals surface area contributed by atoms with E-state index < -0.39 is 15.6 Å². The minimum absolute atomic E-state index is 0.00581. The van der Waals surface area contributed by atoms with Gasteiger partial charge in [-0.25, -0.2) is 8.42 Å². The van der Waals surface area contributed by atoms with Crippen LogP contribution < -0.4 is 15.4 Å². The Labute approximate surface area is 183 Å². The van der Waals surface area contributed by atoms with Crippen molar-refractivity contribution in [1.82, 2.24) is 9.62 Å². The summed E-state index contributed by atoms with van der Waals surface area (Å²) >= 11 is 0. The molecular weight excluding hydrogens is 422 g/mol. The van der Waals surface area contributed by atoms with Crippen LogP contribution in [0.3, 0.4) is 0 Å². The maximum atomic E-state index is 13.3. The molecule has 3 rings (SSSR count). The van der Waals surface area contributed by atoms with Crippen LogP contribution in [0.5, 0.6) is 5.75 Å². The van der Waals surface area contributed by atoms with Gasteiger partial charge < -0.3 is 20.1 Å². The fourth-order valence-electron chi connectivity index (χ4n) is 4.14. The lowest BCUT2D eigenvalue weighted by molar-refractivity contribution is -0.130. The van der Waals surface area contributed by atoms with Gasteiger partial charge in [-0.3, -0.25) is 9.59 Å². The second-order valence-electron chi connectivity index (χ2n) is 7.89. The van der Waals surface area contributed by atoms with E-state index in [1.807, 2.05) is 0 Å². The van der Waals surface area contributed by atoms with E-state index in [4.69, 9.17) is 9.47 Å². The van der Waals surface area contributed by atoms with Crippen LogP contribution in [0, 0.1) is 0 Å². The number of hydrogen-bond donors (Lipinski definition) is 2. The fraction of sp³-hybridized carbons (Fsp3) is 0.619. The lowest BCUT2D eigenvalue weighted by Gasteiger charge is -2.36. The predicted molar refractivity (Wildman–Crippen MR) is 115 cm³/mol. The molecule has 1 heterocycles. The number of morpholine rings is 1. The summed E-state index contributed by atoms with van der Waals surface area (Å²) in [5.74, 6) is -0.359. The van der Waals surface area contributed by atoms with Gasteiger partial charge in [0.1, 0.15) is 16.2 Å². The molecule has 2 aliphatic rings. The van der Waals surface area contributed by atoms with Gasteiger partial charge in [0.2, 0.25) is 21.8 Å². The van der Waals surface area contributed by atoms with E-state index >= 15 is 0 Å². The predicted octanol–water partition coefficient (Wildman–Crippen LogP) is 1.88. The number of hydrogen-bond acceptors (Lipinski definition) is 6. The maximum absolute atomic E-state index is 13.3. The Kier molecular flexibility index (Phi) is 7.55. The average Bonchev–Trinajstić information content (AvgIpc) is 2.75. The molecule has 1 aromatic carbocycles. The van der Waals surface area contributed by atoms with E-state index in [2.05, 4.69) is 10.6 Å². The zero-order chi connectivity index (χ0) is 22.5. The summed E-state index contributed by atoms with van der Waals surface area (Å²) in [6.07, 6.45) is 3.80. The molecule has 0 aromatic heterocycles. The highest BCUT2D eigenvalue weighted by atomic mass is 32.2. The standard InChI is InChI=1S/C21H31N3O6S/c1-3-30-18-8-7-17(15-19(18)31(27,28)24-11-13-29-14-12-24)22-20(26)21(23-16(2)25)9-5-4-6-10-21/h7-8,15H,3-6,9-14H2,1-2H3,(H,22,26)(H,23,25). The van der Waals surface area contributed by atoms with Crippen LogP contribution in [0.1, 0.15) is 46.0 Å². The minimum atomic E-state index is -3.82. The molecule has 0 spiro atoms. The molecule has 0 atom stereocenters. The van der Waals surface area contributed by atoms with E-state index in [0.717, 1.165) is 19.3 Å². The molecule has 31 heavy (non-hydrogen) atoms. The van der Waals surface area contributed by atoms with Gasteiger partial charge in [0.25, 0.3) is 0 Å². The van der Waals surface area contributed by atoms with Crippen molar-refractivity contribution in [1.29, 1.82) is 0 Å². The molecule has 1 aliphatic carbocycles. The largest absolute Gasteiger partial charge is 0.492 e. The molecule has 0 radical (unpaired) electrons. The first-order chi connectivity index (χ1) is 14.8. The number of carbonyl (C=O) groups excluding carboxylic acids is 2. The second-order valence-corrected chi connectivity index (χ2v) is 9.80.